The molecule has 0 spiro atoms. The maximum atomic E-state index is 12.3. The third-order valence-corrected chi connectivity index (χ3v) is 2.26. The Kier molecular flexibility index (Phi) is 5.14. The van der Waals surface area contributed by atoms with E-state index in [9.17, 15) is 18.0 Å². The fraction of sp³-hybridized carbons (Fsp3) is 0.455. The largest absolute Gasteiger partial charge is 0.573 e. The van der Waals surface area contributed by atoms with Crippen LogP contribution in [0.15, 0.2) is 6.07 Å². The molecule has 9 heteroatoms. The summed E-state index contributed by atoms with van der Waals surface area (Å²) in [4.78, 5) is 14.9. The van der Waals surface area contributed by atoms with Crippen LogP contribution in [-0.4, -0.2) is 31.5 Å². The lowest BCUT2D eigenvalue weighted by Crippen LogP contribution is -2.20. The first-order valence-corrected chi connectivity index (χ1v) is 5.40. The molecule has 0 unspecified atom stereocenters. The topological polar surface area (TPSA) is 83.7 Å². The fourth-order valence-corrected chi connectivity index (χ4v) is 1.44. The number of aromatic nitrogens is 1. The number of hydrogen-bond acceptors (Lipinski definition) is 6. The van der Waals surface area contributed by atoms with Crippen molar-refractivity contribution in [1.82, 2.24) is 4.98 Å². The Bertz CT molecular complexity index is 466. The van der Waals surface area contributed by atoms with Gasteiger partial charge in [0, 0.05) is 12.1 Å². The Hall–Kier alpha value is -2.03. The number of esters is 1. The standard InChI is InChI=1S/C11H13F3N2O4/c1-18-8(17)4-7-3-6(5-15)9(10(16-7)19-2)20-11(12,13)14/h3H,4-5,15H2,1-2H3. The minimum Gasteiger partial charge on any atom is -0.478 e. The number of carbonyl (C=O) groups is 1. The number of halogens is 3. The van der Waals surface area contributed by atoms with Crippen molar-refractivity contribution >= 4 is 5.97 Å². The van der Waals surface area contributed by atoms with Gasteiger partial charge in [0.15, 0.2) is 5.75 Å². The van der Waals surface area contributed by atoms with E-state index >= 15 is 0 Å². The van der Waals surface area contributed by atoms with Crippen molar-refractivity contribution in [3.05, 3.63) is 17.3 Å². The van der Waals surface area contributed by atoms with Crippen molar-refractivity contribution in [2.24, 2.45) is 5.73 Å². The minimum absolute atomic E-state index is 0.0214. The van der Waals surface area contributed by atoms with E-state index in [-0.39, 0.29) is 24.2 Å². The Labute approximate surface area is 112 Å². The Morgan fingerprint density at radius 2 is 2.05 bits per heavy atom. The number of nitrogens with zero attached hydrogens (tertiary/aromatic N) is 1. The Morgan fingerprint density at radius 1 is 1.40 bits per heavy atom. The fourth-order valence-electron chi connectivity index (χ4n) is 1.44. The molecule has 0 amide bonds. The van der Waals surface area contributed by atoms with Crippen molar-refractivity contribution in [2.75, 3.05) is 14.2 Å². The zero-order valence-corrected chi connectivity index (χ0v) is 10.8. The number of alkyl halides is 3. The van der Waals surface area contributed by atoms with E-state index in [1.807, 2.05) is 0 Å². The molecular formula is C11H13F3N2O4. The van der Waals surface area contributed by atoms with E-state index in [1.165, 1.54) is 13.2 Å². The van der Waals surface area contributed by atoms with Gasteiger partial charge in [0.05, 0.1) is 26.3 Å². The molecule has 0 saturated heterocycles. The predicted octanol–water partition coefficient (Wildman–Crippen LogP) is 1.16. The third-order valence-electron chi connectivity index (χ3n) is 2.26. The van der Waals surface area contributed by atoms with Crippen molar-refractivity contribution in [3.63, 3.8) is 0 Å². The van der Waals surface area contributed by atoms with Crippen LogP contribution in [0.1, 0.15) is 11.3 Å². The van der Waals surface area contributed by atoms with Crippen molar-refractivity contribution in [2.45, 2.75) is 19.3 Å². The van der Waals surface area contributed by atoms with Crippen LogP contribution in [0.3, 0.4) is 0 Å². The van der Waals surface area contributed by atoms with E-state index < -0.39 is 24.0 Å². The van der Waals surface area contributed by atoms with Gasteiger partial charge in [-0.05, 0) is 6.07 Å². The average molecular weight is 294 g/mol. The van der Waals surface area contributed by atoms with E-state index in [2.05, 4.69) is 14.5 Å². The molecule has 0 aliphatic heterocycles. The molecule has 112 valence electrons. The van der Waals surface area contributed by atoms with Crippen molar-refractivity contribution < 1.29 is 32.2 Å². The third kappa shape index (κ3) is 4.26. The molecule has 1 heterocycles. The molecule has 6 nitrogen and oxygen atoms in total. The minimum atomic E-state index is -4.90. The SMILES string of the molecule is COC(=O)Cc1cc(CN)c(OC(F)(F)F)c(OC)n1. The molecule has 0 saturated carbocycles. The number of ether oxygens (including phenoxy) is 3. The first-order chi connectivity index (χ1) is 9.30. The molecular weight excluding hydrogens is 281 g/mol. The zero-order chi connectivity index (χ0) is 15.3. The van der Waals surface area contributed by atoms with Gasteiger partial charge in [0.25, 0.3) is 5.88 Å². The molecule has 0 aliphatic carbocycles. The number of pyridine rings is 1. The number of rotatable bonds is 5. The molecule has 20 heavy (non-hydrogen) atoms. The zero-order valence-electron chi connectivity index (χ0n) is 10.8. The summed E-state index contributed by atoms with van der Waals surface area (Å²) >= 11 is 0. The second-order valence-corrected chi connectivity index (χ2v) is 3.62. The van der Waals surface area contributed by atoms with Crippen LogP contribution in [0.4, 0.5) is 13.2 Å². The molecule has 1 rings (SSSR count). The van der Waals surface area contributed by atoms with Gasteiger partial charge in [-0.3, -0.25) is 4.79 Å². The van der Waals surface area contributed by atoms with Gasteiger partial charge in [-0.1, -0.05) is 0 Å². The van der Waals surface area contributed by atoms with Crippen LogP contribution in [0, 0.1) is 0 Å². The summed E-state index contributed by atoms with van der Waals surface area (Å²) in [5.74, 6) is -1.60. The van der Waals surface area contributed by atoms with E-state index in [0.717, 1.165) is 7.11 Å². The second kappa shape index (κ2) is 6.42. The molecule has 0 fully saturated rings. The second-order valence-electron chi connectivity index (χ2n) is 3.62. The molecule has 0 atom stereocenters. The number of nitrogens with two attached hydrogens (primary N) is 1. The maximum Gasteiger partial charge on any atom is 0.573 e. The van der Waals surface area contributed by atoms with E-state index in [4.69, 9.17) is 10.5 Å². The summed E-state index contributed by atoms with van der Waals surface area (Å²) in [6.07, 6.45) is -5.12. The summed E-state index contributed by atoms with van der Waals surface area (Å²) in [6, 6.07) is 1.24. The lowest BCUT2D eigenvalue weighted by molar-refractivity contribution is -0.275. The van der Waals surface area contributed by atoms with Gasteiger partial charge < -0.3 is 19.9 Å². The molecule has 1 aromatic rings. The summed E-state index contributed by atoms with van der Waals surface area (Å²) in [5.41, 5.74) is 5.57. The van der Waals surface area contributed by atoms with Gasteiger partial charge in [-0.25, -0.2) is 4.98 Å². The summed E-state index contributed by atoms with van der Waals surface area (Å²) in [5, 5.41) is 0. The Balaban J connectivity index is 3.21. The molecule has 0 aliphatic rings. The number of carbonyl (C=O) groups excluding carboxylic acids is 1. The number of methoxy groups -OCH3 is 2. The van der Waals surface area contributed by atoms with Gasteiger partial charge >= 0.3 is 12.3 Å². The Morgan fingerprint density at radius 3 is 2.50 bits per heavy atom. The molecule has 0 radical (unpaired) electrons. The predicted molar refractivity (Wildman–Crippen MR) is 61.1 cm³/mol. The van der Waals surface area contributed by atoms with Crippen LogP contribution in [-0.2, 0) is 22.5 Å². The van der Waals surface area contributed by atoms with E-state index in [1.54, 1.807) is 0 Å². The van der Waals surface area contributed by atoms with Crippen LogP contribution in [0.25, 0.3) is 0 Å². The van der Waals surface area contributed by atoms with Crippen LogP contribution < -0.4 is 15.2 Å². The highest BCUT2D eigenvalue weighted by Gasteiger charge is 2.34. The highest BCUT2D eigenvalue weighted by atomic mass is 19.4. The van der Waals surface area contributed by atoms with Crippen molar-refractivity contribution in [1.29, 1.82) is 0 Å². The van der Waals surface area contributed by atoms with Crippen molar-refractivity contribution in [3.8, 4) is 11.6 Å². The van der Waals surface area contributed by atoms with E-state index in [0.29, 0.717) is 0 Å². The molecule has 0 bridgehead atoms. The molecule has 2 N–H and O–H groups in total. The first kappa shape index (κ1) is 16.0. The maximum absolute atomic E-state index is 12.3. The summed E-state index contributed by atoms with van der Waals surface area (Å²) < 4.78 is 50.0. The van der Waals surface area contributed by atoms with Gasteiger partial charge in [-0.2, -0.15) is 0 Å². The molecule has 0 aromatic carbocycles. The number of hydrogen-bond donors (Lipinski definition) is 1. The highest BCUT2D eigenvalue weighted by Crippen LogP contribution is 2.34. The normalized spacial score (nSPS) is 11.1. The van der Waals surface area contributed by atoms with Crippen LogP contribution in [0.2, 0.25) is 0 Å². The van der Waals surface area contributed by atoms with Crippen LogP contribution >= 0.6 is 0 Å². The summed E-state index contributed by atoms with van der Waals surface area (Å²) in [7, 11) is 2.32. The highest BCUT2D eigenvalue weighted by molar-refractivity contribution is 5.72. The summed E-state index contributed by atoms with van der Waals surface area (Å²) in [6.45, 7) is -0.238. The monoisotopic (exact) mass is 294 g/mol. The van der Waals surface area contributed by atoms with Gasteiger partial charge in [-0.15, -0.1) is 13.2 Å². The van der Waals surface area contributed by atoms with Gasteiger partial charge in [0.2, 0.25) is 0 Å². The smallest absolute Gasteiger partial charge is 0.478 e. The average Bonchev–Trinajstić information content (AvgIpc) is 2.38. The van der Waals surface area contributed by atoms with Gasteiger partial charge in [0.1, 0.15) is 0 Å². The van der Waals surface area contributed by atoms with Crippen LogP contribution in [0.5, 0.6) is 11.6 Å². The lowest BCUT2D eigenvalue weighted by Gasteiger charge is -2.16. The molecule has 1 aromatic heterocycles. The quantitative estimate of drug-likeness (QED) is 0.820. The first-order valence-electron chi connectivity index (χ1n) is 5.40. The lowest BCUT2D eigenvalue weighted by atomic mass is 10.1.